The van der Waals surface area contributed by atoms with Crippen LogP contribution in [0.1, 0.15) is 31.4 Å². The van der Waals surface area contributed by atoms with Crippen LogP contribution in [-0.4, -0.2) is 25.4 Å². The number of ether oxygens (including phenoxy) is 2. The molecule has 1 aromatic carbocycles. The average Bonchev–Trinajstić information content (AvgIpc) is 2.34. The first-order valence-corrected chi connectivity index (χ1v) is 5.78. The fourth-order valence-corrected chi connectivity index (χ4v) is 1.58. The topological polar surface area (TPSA) is 38.7 Å². The third-order valence-electron chi connectivity index (χ3n) is 2.54. The molecule has 0 saturated carbocycles. The molecule has 0 fully saturated rings. The van der Waals surface area contributed by atoms with E-state index < -0.39 is 11.9 Å². The standard InChI is InChI=1S/C13H19FO3/c1-3-17-8-4-5-13(15)11-7-6-10(16-2)9-12(11)14/h6-7,9,13,15H,3-5,8H2,1-2H3. The Morgan fingerprint density at radius 2 is 2.18 bits per heavy atom. The minimum absolute atomic E-state index is 0.308. The molecular formula is C13H19FO3. The lowest BCUT2D eigenvalue weighted by molar-refractivity contribution is 0.113. The lowest BCUT2D eigenvalue weighted by Gasteiger charge is -2.12. The molecule has 1 aromatic rings. The second-order valence-electron chi connectivity index (χ2n) is 3.74. The lowest BCUT2D eigenvalue weighted by atomic mass is 10.0. The molecule has 0 aliphatic rings. The van der Waals surface area contributed by atoms with Gasteiger partial charge in [0.05, 0.1) is 13.2 Å². The van der Waals surface area contributed by atoms with Gasteiger partial charge in [-0.05, 0) is 31.9 Å². The Morgan fingerprint density at radius 3 is 2.76 bits per heavy atom. The largest absolute Gasteiger partial charge is 0.497 e. The van der Waals surface area contributed by atoms with Gasteiger partial charge < -0.3 is 14.6 Å². The summed E-state index contributed by atoms with van der Waals surface area (Å²) >= 11 is 0. The van der Waals surface area contributed by atoms with E-state index in [2.05, 4.69) is 0 Å². The maximum atomic E-state index is 13.6. The van der Waals surface area contributed by atoms with E-state index in [0.29, 0.717) is 37.4 Å². The SMILES string of the molecule is CCOCCCC(O)c1ccc(OC)cc1F. The van der Waals surface area contributed by atoms with Crippen LogP contribution in [0.3, 0.4) is 0 Å². The molecule has 0 spiro atoms. The molecule has 0 bridgehead atoms. The van der Waals surface area contributed by atoms with E-state index in [1.165, 1.54) is 13.2 Å². The molecule has 0 saturated heterocycles. The van der Waals surface area contributed by atoms with Crippen molar-refractivity contribution in [2.24, 2.45) is 0 Å². The fourth-order valence-electron chi connectivity index (χ4n) is 1.58. The van der Waals surface area contributed by atoms with Crippen LogP contribution in [0.2, 0.25) is 0 Å². The van der Waals surface area contributed by atoms with Crippen molar-refractivity contribution in [2.75, 3.05) is 20.3 Å². The van der Waals surface area contributed by atoms with Crippen LogP contribution in [0.5, 0.6) is 5.75 Å². The first kappa shape index (κ1) is 13.9. The molecular weight excluding hydrogens is 223 g/mol. The molecule has 17 heavy (non-hydrogen) atoms. The summed E-state index contributed by atoms with van der Waals surface area (Å²) in [6.45, 7) is 3.16. The first-order valence-electron chi connectivity index (χ1n) is 5.78. The molecule has 1 unspecified atom stereocenters. The number of hydrogen-bond donors (Lipinski definition) is 1. The number of benzene rings is 1. The Morgan fingerprint density at radius 1 is 1.41 bits per heavy atom. The van der Waals surface area contributed by atoms with E-state index in [4.69, 9.17) is 9.47 Å². The maximum absolute atomic E-state index is 13.6. The van der Waals surface area contributed by atoms with Gasteiger partial charge in [0.2, 0.25) is 0 Å². The van der Waals surface area contributed by atoms with Gasteiger partial charge >= 0.3 is 0 Å². The number of aliphatic hydroxyl groups excluding tert-OH is 1. The van der Waals surface area contributed by atoms with Crippen molar-refractivity contribution < 1.29 is 19.0 Å². The van der Waals surface area contributed by atoms with Gasteiger partial charge in [-0.3, -0.25) is 0 Å². The van der Waals surface area contributed by atoms with Crippen LogP contribution in [0.25, 0.3) is 0 Å². The summed E-state index contributed by atoms with van der Waals surface area (Å²) in [5.41, 5.74) is 0.308. The van der Waals surface area contributed by atoms with E-state index in [-0.39, 0.29) is 0 Å². The summed E-state index contributed by atoms with van der Waals surface area (Å²) < 4.78 is 23.7. The van der Waals surface area contributed by atoms with Crippen LogP contribution < -0.4 is 4.74 Å². The molecule has 4 heteroatoms. The molecule has 0 aliphatic heterocycles. The van der Waals surface area contributed by atoms with Crippen molar-refractivity contribution >= 4 is 0 Å². The van der Waals surface area contributed by atoms with Crippen LogP contribution in [-0.2, 0) is 4.74 Å². The molecule has 3 nitrogen and oxygen atoms in total. The van der Waals surface area contributed by atoms with E-state index in [9.17, 15) is 9.50 Å². The summed E-state index contributed by atoms with van der Waals surface area (Å²) in [7, 11) is 1.48. The number of aliphatic hydroxyl groups is 1. The van der Waals surface area contributed by atoms with Gasteiger partial charge in [-0.1, -0.05) is 0 Å². The number of hydrogen-bond acceptors (Lipinski definition) is 3. The van der Waals surface area contributed by atoms with Gasteiger partial charge in [0.1, 0.15) is 11.6 Å². The van der Waals surface area contributed by atoms with E-state index >= 15 is 0 Å². The van der Waals surface area contributed by atoms with E-state index in [1.54, 1.807) is 12.1 Å². The highest BCUT2D eigenvalue weighted by Crippen LogP contribution is 2.24. The second kappa shape index (κ2) is 7.25. The van der Waals surface area contributed by atoms with Gasteiger partial charge in [-0.25, -0.2) is 4.39 Å². The highest BCUT2D eigenvalue weighted by molar-refractivity contribution is 5.30. The van der Waals surface area contributed by atoms with E-state index in [1.807, 2.05) is 6.92 Å². The van der Waals surface area contributed by atoms with Crippen molar-refractivity contribution in [3.05, 3.63) is 29.6 Å². The Labute approximate surface area is 101 Å². The zero-order valence-corrected chi connectivity index (χ0v) is 10.3. The minimum atomic E-state index is -0.790. The maximum Gasteiger partial charge on any atom is 0.132 e. The number of methoxy groups -OCH3 is 1. The summed E-state index contributed by atoms with van der Waals surface area (Å²) in [4.78, 5) is 0. The molecule has 0 aromatic heterocycles. The predicted octanol–water partition coefficient (Wildman–Crippen LogP) is 2.68. The molecule has 0 heterocycles. The highest BCUT2D eigenvalue weighted by Gasteiger charge is 2.13. The summed E-state index contributed by atoms with van der Waals surface area (Å²) in [6.07, 6.45) is 0.408. The summed E-state index contributed by atoms with van der Waals surface area (Å²) in [5, 5.41) is 9.83. The fraction of sp³-hybridized carbons (Fsp3) is 0.538. The van der Waals surface area contributed by atoms with Crippen LogP contribution in [0.4, 0.5) is 4.39 Å². The molecule has 0 radical (unpaired) electrons. The third-order valence-corrected chi connectivity index (χ3v) is 2.54. The monoisotopic (exact) mass is 242 g/mol. The number of halogens is 1. The quantitative estimate of drug-likeness (QED) is 0.747. The lowest BCUT2D eigenvalue weighted by Crippen LogP contribution is -2.03. The smallest absolute Gasteiger partial charge is 0.132 e. The Balaban J connectivity index is 2.53. The summed E-state index contributed by atoms with van der Waals surface area (Å²) in [5.74, 6) is 0.0148. The molecule has 0 amide bonds. The average molecular weight is 242 g/mol. The molecule has 1 N–H and O–H groups in total. The summed E-state index contributed by atoms with van der Waals surface area (Å²) in [6, 6.07) is 4.48. The van der Waals surface area contributed by atoms with Gasteiger partial charge in [0, 0.05) is 24.8 Å². The van der Waals surface area contributed by atoms with Crippen molar-refractivity contribution in [3.63, 3.8) is 0 Å². The van der Waals surface area contributed by atoms with Crippen molar-refractivity contribution in [3.8, 4) is 5.75 Å². The molecule has 96 valence electrons. The zero-order chi connectivity index (χ0) is 12.7. The Bertz CT molecular complexity index is 341. The molecule has 1 atom stereocenters. The van der Waals surface area contributed by atoms with Gasteiger partial charge in [0.15, 0.2) is 0 Å². The number of rotatable bonds is 7. The molecule has 0 aliphatic carbocycles. The minimum Gasteiger partial charge on any atom is -0.497 e. The van der Waals surface area contributed by atoms with Crippen molar-refractivity contribution in [1.82, 2.24) is 0 Å². The van der Waals surface area contributed by atoms with Gasteiger partial charge in [-0.2, -0.15) is 0 Å². The highest BCUT2D eigenvalue weighted by atomic mass is 19.1. The van der Waals surface area contributed by atoms with Gasteiger partial charge in [-0.15, -0.1) is 0 Å². The molecule has 1 rings (SSSR count). The predicted molar refractivity (Wildman–Crippen MR) is 63.6 cm³/mol. The normalized spacial score (nSPS) is 12.5. The third kappa shape index (κ3) is 4.32. The van der Waals surface area contributed by atoms with Crippen molar-refractivity contribution in [2.45, 2.75) is 25.9 Å². The van der Waals surface area contributed by atoms with Crippen molar-refractivity contribution in [1.29, 1.82) is 0 Å². The van der Waals surface area contributed by atoms with Crippen LogP contribution >= 0.6 is 0 Å². The second-order valence-corrected chi connectivity index (χ2v) is 3.74. The van der Waals surface area contributed by atoms with Crippen LogP contribution in [0.15, 0.2) is 18.2 Å². The van der Waals surface area contributed by atoms with Gasteiger partial charge in [0.25, 0.3) is 0 Å². The Hall–Kier alpha value is -1.13. The van der Waals surface area contributed by atoms with E-state index in [0.717, 1.165) is 0 Å². The zero-order valence-electron chi connectivity index (χ0n) is 10.3. The van der Waals surface area contributed by atoms with Crippen LogP contribution in [0, 0.1) is 5.82 Å². The first-order chi connectivity index (χ1) is 8.19. The Kier molecular flexibility index (Phi) is 5.94.